The minimum atomic E-state index is -3.45. The third-order valence-electron chi connectivity index (χ3n) is 5.40. The van der Waals surface area contributed by atoms with E-state index in [-0.39, 0.29) is 21.4 Å². The van der Waals surface area contributed by atoms with E-state index in [1.54, 1.807) is 12.1 Å². The van der Waals surface area contributed by atoms with Crippen molar-refractivity contribution in [3.63, 3.8) is 0 Å². The summed E-state index contributed by atoms with van der Waals surface area (Å²) in [6.45, 7) is 0. The zero-order valence-corrected chi connectivity index (χ0v) is 16.8. The number of ether oxygens (including phenoxy) is 1. The first-order chi connectivity index (χ1) is 13.3. The van der Waals surface area contributed by atoms with Crippen molar-refractivity contribution in [2.45, 2.75) is 48.2 Å². The van der Waals surface area contributed by atoms with Crippen LogP contribution in [0, 0.1) is 0 Å². The number of sulfone groups is 1. The minimum Gasteiger partial charge on any atom is -0.372 e. The van der Waals surface area contributed by atoms with Crippen LogP contribution < -0.4 is 5.32 Å². The molecule has 2 bridgehead atoms. The summed E-state index contributed by atoms with van der Waals surface area (Å²) in [5, 5.41) is 2.89. The maximum atomic E-state index is 13.1. The molecule has 1 unspecified atom stereocenters. The molecule has 5 rings (SSSR count). The predicted molar refractivity (Wildman–Crippen MR) is 104 cm³/mol. The van der Waals surface area contributed by atoms with Crippen molar-refractivity contribution in [1.82, 2.24) is 9.97 Å². The van der Waals surface area contributed by atoms with Gasteiger partial charge in [0.25, 0.3) is 0 Å². The van der Waals surface area contributed by atoms with E-state index in [0.717, 1.165) is 25.5 Å². The zero-order chi connectivity index (χ0) is 19.9. The SMILES string of the molecule is CS(=O)(=O)c1ccc([C@@H](C[C@]23CCC(C2)O3)C(=O)Nc2cnccn2)cc1Cl. The average Bonchev–Trinajstić information content (AvgIpc) is 3.20. The molecule has 1 saturated carbocycles. The van der Waals surface area contributed by atoms with Crippen LogP contribution in [-0.2, 0) is 19.4 Å². The van der Waals surface area contributed by atoms with Crippen LogP contribution >= 0.6 is 11.6 Å². The van der Waals surface area contributed by atoms with Crippen molar-refractivity contribution in [2.24, 2.45) is 0 Å². The molecule has 148 valence electrons. The van der Waals surface area contributed by atoms with Crippen LogP contribution in [0.25, 0.3) is 0 Å². The molecule has 0 spiro atoms. The molecule has 3 atom stereocenters. The molecule has 1 aliphatic carbocycles. The number of amides is 1. The van der Waals surface area contributed by atoms with E-state index in [1.807, 2.05) is 0 Å². The number of fused-ring (bicyclic) bond motifs is 1. The van der Waals surface area contributed by atoms with Crippen molar-refractivity contribution < 1.29 is 17.9 Å². The topological polar surface area (TPSA) is 98.2 Å². The highest BCUT2D eigenvalue weighted by molar-refractivity contribution is 7.90. The van der Waals surface area contributed by atoms with Gasteiger partial charge in [0.05, 0.1) is 33.7 Å². The number of carbonyl (C=O) groups is 1. The van der Waals surface area contributed by atoms with Gasteiger partial charge in [0.15, 0.2) is 15.7 Å². The van der Waals surface area contributed by atoms with E-state index < -0.39 is 15.8 Å². The van der Waals surface area contributed by atoms with Crippen molar-refractivity contribution >= 4 is 33.2 Å². The Labute approximate surface area is 168 Å². The smallest absolute Gasteiger partial charge is 0.233 e. The predicted octanol–water partition coefficient (Wildman–Crippen LogP) is 2.97. The highest BCUT2D eigenvalue weighted by Gasteiger charge is 2.53. The number of aromatic nitrogens is 2. The number of anilines is 1. The van der Waals surface area contributed by atoms with E-state index in [4.69, 9.17) is 16.3 Å². The van der Waals surface area contributed by atoms with Crippen molar-refractivity contribution in [1.29, 1.82) is 0 Å². The number of benzene rings is 1. The molecule has 7 nitrogen and oxygen atoms in total. The maximum absolute atomic E-state index is 13.1. The largest absolute Gasteiger partial charge is 0.372 e. The molecule has 2 saturated heterocycles. The van der Waals surface area contributed by atoms with E-state index in [1.165, 1.54) is 24.7 Å². The van der Waals surface area contributed by atoms with Gasteiger partial charge in [0.2, 0.25) is 5.91 Å². The van der Waals surface area contributed by atoms with Crippen LogP contribution in [0.3, 0.4) is 0 Å². The summed E-state index contributed by atoms with van der Waals surface area (Å²) in [7, 11) is -3.45. The Balaban J connectivity index is 1.64. The summed E-state index contributed by atoms with van der Waals surface area (Å²) in [6.07, 6.45) is 9.26. The molecule has 2 aromatic rings. The molecule has 3 fully saturated rings. The Bertz CT molecular complexity index is 1000. The van der Waals surface area contributed by atoms with Gasteiger partial charge in [-0.1, -0.05) is 17.7 Å². The van der Waals surface area contributed by atoms with Crippen LogP contribution in [-0.4, -0.2) is 42.3 Å². The van der Waals surface area contributed by atoms with Gasteiger partial charge in [-0.05, 0) is 37.0 Å². The summed E-state index contributed by atoms with van der Waals surface area (Å²) in [5.41, 5.74) is 0.351. The molecule has 3 aliphatic rings. The molecule has 1 aromatic heterocycles. The van der Waals surface area contributed by atoms with Crippen LogP contribution in [0.15, 0.2) is 41.7 Å². The number of carbonyl (C=O) groups excluding carboxylic acids is 1. The Morgan fingerprint density at radius 2 is 2.21 bits per heavy atom. The fourth-order valence-electron chi connectivity index (χ4n) is 4.08. The van der Waals surface area contributed by atoms with Crippen LogP contribution in [0.5, 0.6) is 0 Å². The van der Waals surface area contributed by atoms with E-state index in [0.29, 0.717) is 23.9 Å². The third-order valence-corrected chi connectivity index (χ3v) is 6.98. The Morgan fingerprint density at radius 3 is 2.79 bits per heavy atom. The molecule has 3 heterocycles. The Kier molecular flexibility index (Phi) is 4.89. The number of nitrogens with zero attached hydrogens (tertiary/aromatic N) is 2. The number of halogens is 1. The van der Waals surface area contributed by atoms with Crippen molar-refractivity contribution in [3.8, 4) is 0 Å². The first-order valence-corrected chi connectivity index (χ1v) is 11.3. The first kappa shape index (κ1) is 19.3. The summed E-state index contributed by atoms with van der Waals surface area (Å²) < 4.78 is 29.7. The van der Waals surface area contributed by atoms with Gasteiger partial charge in [-0.15, -0.1) is 0 Å². The fourth-order valence-corrected chi connectivity index (χ4v) is 5.42. The minimum absolute atomic E-state index is 0.0463. The number of hydrogen-bond acceptors (Lipinski definition) is 6. The maximum Gasteiger partial charge on any atom is 0.233 e. The van der Waals surface area contributed by atoms with Gasteiger partial charge in [0, 0.05) is 25.1 Å². The quantitative estimate of drug-likeness (QED) is 0.769. The average molecular weight is 422 g/mol. The third kappa shape index (κ3) is 3.76. The van der Waals surface area contributed by atoms with Crippen LogP contribution in [0.1, 0.15) is 37.2 Å². The monoisotopic (exact) mass is 421 g/mol. The molecule has 1 amide bonds. The number of rotatable bonds is 6. The molecule has 1 aromatic carbocycles. The molecule has 2 aliphatic heterocycles. The normalized spacial score (nSPS) is 24.4. The van der Waals surface area contributed by atoms with Crippen LogP contribution in [0.2, 0.25) is 5.02 Å². The van der Waals surface area contributed by atoms with Gasteiger partial charge < -0.3 is 10.1 Å². The second kappa shape index (κ2) is 7.09. The lowest BCUT2D eigenvalue weighted by molar-refractivity contribution is -0.160. The summed E-state index contributed by atoms with van der Waals surface area (Å²) in [5.74, 6) is -0.447. The molecular weight excluding hydrogens is 402 g/mol. The molecule has 28 heavy (non-hydrogen) atoms. The fraction of sp³-hybridized carbons (Fsp3) is 0.421. The lowest BCUT2D eigenvalue weighted by Gasteiger charge is -2.41. The lowest BCUT2D eigenvalue weighted by atomic mass is 9.82. The Morgan fingerprint density at radius 1 is 1.43 bits per heavy atom. The highest BCUT2D eigenvalue weighted by Crippen LogP contribution is 2.52. The van der Waals surface area contributed by atoms with Gasteiger partial charge in [0.1, 0.15) is 0 Å². The summed E-state index contributed by atoms with van der Waals surface area (Å²) in [6, 6.07) is 4.65. The molecule has 9 heteroatoms. The molecule has 0 radical (unpaired) electrons. The highest BCUT2D eigenvalue weighted by atomic mass is 35.5. The number of nitrogens with one attached hydrogen (secondary N) is 1. The first-order valence-electron chi connectivity index (χ1n) is 9.00. The van der Waals surface area contributed by atoms with E-state index >= 15 is 0 Å². The Hall–Kier alpha value is -2.03. The molecular formula is C19H20ClN3O4S. The number of hydrogen-bond donors (Lipinski definition) is 1. The second-order valence-corrected chi connectivity index (χ2v) is 9.86. The van der Waals surface area contributed by atoms with Gasteiger partial charge in [-0.25, -0.2) is 13.4 Å². The zero-order valence-electron chi connectivity index (χ0n) is 15.3. The van der Waals surface area contributed by atoms with Gasteiger partial charge in [-0.2, -0.15) is 0 Å². The van der Waals surface area contributed by atoms with Crippen molar-refractivity contribution in [2.75, 3.05) is 11.6 Å². The summed E-state index contributed by atoms with van der Waals surface area (Å²) >= 11 is 6.22. The van der Waals surface area contributed by atoms with E-state index in [2.05, 4.69) is 15.3 Å². The van der Waals surface area contributed by atoms with Crippen LogP contribution in [0.4, 0.5) is 5.82 Å². The summed E-state index contributed by atoms with van der Waals surface area (Å²) in [4.78, 5) is 21.1. The van der Waals surface area contributed by atoms with Gasteiger partial charge in [-0.3, -0.25) is 9.78 Å². The van der Waals surface area contributed by atoms with Gasteiger partial charge >= 0.3 is 0 Å². The second-order valence-electron chi connectivity index (χ2n) is 7.46. The molecule has 1 N–H and O–H groups in total. The standard InChI is InChI=1S/C19H20ClN3O4S/c1-28(25,26)16-3-2-12(8-15(16)20)14(10-19-5-4-13(9-19)27-19)18(24)23-17-11-21-6-7-22-17/h2-3,6-8,11,13-14H,4-5,9-10H2,1H3,(H,22,23,24)/t13?,14-,19+/m1/s1. The lowest BCUT2D eigenvalue weighted by Crippen LogP contribution is -2.44. The van der Waals surface area contributed by atoms with Crippen molar-refractivity contribution in [3.05, 3.63) is 47.4 Å². The van der Waals surface area contributed by atoms with E-state index in [9.17, 15) is 13.2 Å².